The highest BCUT2D eigenvalue weighted by Crippen LogP contribution is 2.38. The van der Waals surface area contributed by atoms with Gasteiger partial charge in [-0.15, -0.1) is 0 Å². The van der Waals surface area contributed by atoms with Gasteiger partial charge in [0.25, 0.3) is 5.17 Å². The predicted molar refractivity (Wildman–Crippen MR) is 128 cm³/mol. The monoisotopic (exact) mass is 484 g/mol. The Kier molecular flexibility index (Phi) is 8.80. The number of thiocarbonyl (C=S) groups is 1. The zero-order valence-corrected chi connectivity index (χ0v) is 22.1. The first-order valence-corrected chi connectivity index (χ1v) is 14.1. The Balaban J connectivity index is 2.27. The van der Waals surface area contributed by atoms with Gasteiger partial charge >= 0.3 is 5.97 Å². The molecule has 1 aliphatic rings. The zero-order chi connectivity index (χ0) is 24.2. The summed E-state index contributed by atoms with van der Waals surface area (Å²) in [5.41, 5.74) is 0. The van der Waals surface area contributed by atoms with Crippen molar-refractivity contribution >= 4 is 31.7 Å². The second-order valence-corrected chi connectivity index (χ2v) is 14.8. The van der Waals surface area contributed by atoms with Crippen LogP contribution in [0.5, 0.6) is 0 Å². The molecule has 1 aromatic rings. The van der Waals surface area contributed by atoms with Gasteiger partial charge in [0, 0.05) is 18.5 Å². The summed E-state index contributed by atoms with van der Waals surface area (Å²) in [6.07, 6.45) is 6.23. The van der Waals surface area contributed by atoms with Crippen LogP contribution in [0, 0.1) is 0 Å². The highest BCUT2D eigenvalue weighted by Gasteiger charge is 2.47. The first-order chi connectivity index (χ1) is 14.8. The Morgan fingerprint density at radius 2 is 2.03 bits per heavy atom. The maximum Gasteiger partial charge on any atom is 0.330 e. The molecule has 0 bridgehead atoms. The fourth-order valence-corrected chi connectivity index (χ4v) is 4.12. The molecule has 0 aromatic carbocycles. The van der Waals surface area contributed by atoms with E-state index in [0.29, 0.717) is 6.61 Å². The Morgan fingerprint density at radius 1 is 1.34 bits per heavy atom. The molecule has 1 saturated heterocycles. The minimum Gasteiger partial charge on any atom is -0.463 e. The van der Waals surface area contributed by atoms with Gasteiger partial charge in [-0.05, 0) is 57.2 Å². The number of hydrogen-bond donors (Lipinski definition) is 0. The molecule has 32 heavy (non-hydrogen) atoms. The van der Waals surface area contributed by atoms with Gasteiger partial charge in [0.15, 0.2) is 20.2 Å². The first kappa shape index (κ1) is 26.7. The summed E-state index contributed by atoms with van der Waals surface area (Å²) in [5.74, 6) is -1.31. The van der Waals surface area contributed by atoms with Crippen LogP contribution in [0.3, 0.4) is 0 Å². The van der Waals surface area contributed by atoms with E-state index >= 15 is 0 Å². The lowest BCUT2D eigenvalue weighted by Crippen LogP contribution is -2.47. The maximum absolute atomic E-state index is 11.9. The Hall–Kier alpha value is -1.59. The molecule has 3 atom stereocenters. The third-order valence-corrected chi connectivity index (χ3v) is 10.4. The van der Waals surface area contributed by atoms with E-state index in [-0.39, 0.29) is 16.8 Å². The molecule has 2 heterocycles. The number of hydrogen-bond acceptors (Lipinski definition) is 8. The maximum atomic E-state index is 11.9. The summed E-state index contributed by atoms with van der Waals surface area (Å²) in [6, 6.07) is 0. The van der Waals surface area contributed by atoms with Gasteiger partial charge in [0.05, 0.1) is 13.2 Å². The molecule has 8 nitrogen and oxygen atoms in total. The predicted octanol–water partition coefficient (Wildman–Crippen LogP) is 4.06. The summed E-state index contributed by atoms with van der Waals surface area (Å²) < 4.78 is 31.4. The van der Waals surface area contributed by atoms with E-state index in [1.165, 1.54) is 6.08 Å². The number of carbonyl (C=O) groups is 1. The van der Waals surface area contributed by atoms with Crippen LogP contribution in [-0.2, 0) is 28.2 Å². The topological polar surface area (TPSA) is 81.0 Å². The second-order valence-electron chi connectivity index (χ2n) is 9.64. The van der Waals surface area contributed by atoms with Crippen LogP contribution in [0.15, 0.2) is 30.9 Å². The average molecular weight is 485 g/mol. The van der Waals surface area contributed by atoms with Crippen LogP contribution in [0.2, 0.25) is 18.1 Å². The van der Waals surface area contributed by atoms with E-state index in [9.17, 15) is 4.79 Å². The number of imidazole rings is 1. The lowest BCUT2D eigenvalue weighted by Gasteiger charge is -2.38. The average Bonchev–Trinajstić information content (AvgIpc) is 3.30. The highest BCUT2D eigenvalue weighted by atomic mass is 32.1. The Labute approximate surface area is 197 Å². The van der Waals surface area contributed by atoms with Crippen LogP contribution in [0.25, 0.3) is 0 Å². The molecule has 0 unspecified atom stereocenters. The lowest BCUT2D eigenvalue weighted by atomic mass is 10.1. The molecule has 0 radical (unpaired) electrons. The molecule has 1 fully saturated rings. The van der Waals surface area contributed by atoms with Gasteiger partial charge < -0.3 is 23.4 Å². The number of rotatable bonds is 8. The molecule has 10 heteroatoms. The number of nitrogens with zero attached hydrogens (tertiary/aromatic N) is 2. The van der Waals surface area contributed by atoms with E-state index in [2.05, 4.69) is 38.8 Å². The van der Waals surface area contributed by atoms with Gasteiger partial charge in [-0.25, -0.2) is 9.78 Å². The first-order valence-electron chi connectivity index (χ1n) is 10.8. The fourth-order valence-electron chi connectivity index (χ4n) is 2.88. The van der Waals surface area contributed by atoms with E-state index in [4.69, 9.17) is 35.6 Å². The third kappa shape index (κ3) is 7.21. The summed E-state index contributed by atoms with van der Waals surface area (Å²) in [4.78, 5) is 15.9. The van der Waals surface area contributed by atoms with E-state index in [0.717, 1.165) is 0 Å². The highest BCUT2D eigenvalue weighted by molar-refractivity contribution is 7.80. The fraction of sp³-hybridized carbons (Fsp3) is 0.682. The largest absolute Gasteiger partial charge is 0.463 e. The lowest BCUT2D eigenvalue weighted by molar-refractivity contribution is -0.154. The van der Waals surface area contributed by atoms with Crippen molar-refractivity contribution < 1.29 is 28.2 Å². The zero-order valence-electron chi connectivity index (χ0n) is 20.3. The number of aromatic nitrogens is 2. The van der Waals surface area contributed by atoms with E-state index in [1.54, 1.807) is 36.3 Å². The molecule has 1 aromatic heterocycles. The molecule has 0 spiro atoms. The van der Waals surface area contributed by atoms with Crippen LogP contribution in [-0.4, -0.2) is 66.3 Å². The normalized spacial score (nSPS) is 22.1. The molecular weight excluding hydrogens is 448 g/mol. The molecular formula is C22H36N2O6SSi. The number of esters is 1. The van der Waals surface area contributed by atoms with Crippen molar-refractivity contribution in [3.63, 3.8) is 0 Å². The smallest absolute Gasteiger partial charge is 0.330 e. The summed E-state index contributed by atoms with van der Waals surface area (Å²) in [5, 5.41) is 0.255. The second kappa shape index (κ2) is 10.6. The van der Waals surface area contributed by atoms with Gasteiger partial charge in [-0.3, -0.25) is 4.57 Å². The molecule has 0 N–H and O–H groups in total. The van der Waals surface area contributed by atoms with E-state index < -0.39 is 38.4 Å². The Morgan fingerprint density at radius 3 is 2.59 bits per heavy atom. The van der Waals surface area contributed by atoms with Crippen molar-refractivity contribution in [2.24, 2.45) is 0 Å². The van der Waals surface area contributed by atoms with E-state index in [1.807, 2.05) is 13.8 Å². The van der Waals surface area contributed by atoms with Gasteiger partial charge in [-0.1, -0.05) is 20.8 Å². The summed E-state index contributed by atoms with van der Waals surface area (Å²) in [7, 11) is -2.07. The van der Waals surface area contributed by atoms with Gasteiger partial charge in [-0.2, -0.15) is 0 Å². The number of ether oxygens (including phenoxy) is 4. The standard InChI is InChI=1S/C22H36N2O6SSi/c1-9-26-18(25)11-10-16-19(30-22(5,6)29-16)17(14-27-32(7,8)21(2,3)4)28-20(31)24-13-12-23-15-24/h10-13,15-17,19H,9,14H2,1-8H3/b11-10-/t16-,17+,19-/m0/s1. The SMILES string of the molecule is CCOC(=O)/C=C\[C@@H]1OC(C)(C)O[C@@H]1[C@@H](CO[Si](C)(C)C(C)(C)C)OC(=S)n1ccnc1. The summed E-state index contributed by atoms with van der Waals surface area (Å²) >= 11 is 5.47. The van der Waals surface area contributed by atoms with Crippen LogP contribution < -0.4 is 0 Å². The number of carbonyl (C=O) groups excluding carboxylic acids is 1. The summed E-state index contributed by atoms with van der Waals surface area (Å²) in [6.45, 7) is 16.8. The molecule has 0 aliphatic carbocycles. The van der Waals surface area contributed by atoms with Crippen molar-refractivity contribution in [2.75, 3.05) is 13.2 Å². The van der Waals surface area contributed by atoms with Crippen molar-refractivity contribution in [3.05, 3.63) is 30.9 Å². The molecule has 2 rings (SSSR count). The van der Waals surface area contributed by atoms with Crippen molar-refractivity contribution in [2.45, 2.75) is 83.8 Å². The minimum absolute atomic E-state index is 0.0257. The van der Waals surface area contributed by atoms with Crippen molar-refractivity contribution in [3.8, 4) is 0 Å². The van der Waals surface area contributed by atoms with Gasteiger partial charge in [0.2, 0.25) is 0 Å². The minimum atomic E-state index is -2.07. The van der Waals surface area contributed by atoms with Crippen LogP contribution >= 0.6 is 12.2 Å². The van der Waals surface area contributed by atoms with Crippen LogP contribution in [0.4, 0.5) is 0 Å². The van der Waals surface area contributed by atoms with Crippen molar-refractivity contribution in [1.29, 1.82) is 0 Å². The van der Waals surface area contributed by atoms with Crippen LogP contribution in [0.1, 0.15) is 41.5 Å². The Bertz CT molecular complexity index is 804. The van der Waals surface area contributed by atoms with Gasteiger partial charge in [0.1, 0.15) is 18.5 Å². The molecule has 0 amide bonds. The molecule has 180 valence electrons. The van der Waals surface area contributed by atoms with Crippen molar-refractivity contribution in [1.82, 2.24) is 9.55 Å². The quantitative estimate of drug-likeness (QED) is 0.236. The molecule has 1 aliphatic heterocycles. The molecule has 0 saturated carbocycles. The third-order valence-electron chi connectivity index (χ3n) is 5.62.